The smallest absolute Gasteiger partial charge is 0.0349 e. The van der Waals surface area contributed by atoms with Gasteiger partial charge >= 0.3 is 0 Å². The molecule has 0 bridgehead atoms. The summed E-state index contributed by atoms with van der Waals surface area (Å²) in [5, 5.41) is 3.47. The fraction of sp³-hybridized carbons (Fsp3) is 0.455. The van der Waals surface area contributed by atoms with Gasteiger partial charge in [0.05, 0.1) is 0 Å². The van der Waals surface area contributed by atoms with Gasteiger partial charge in [0, 0.05) is 32.2 Å². The third-order valence-corrected chi connectivity index (χ3v) is 5.01. The van der Waals surface area contributed by atoms with Gasteiger partial charge in [-0.3, -0.25) is 4.90 Å². The first-order chi connectivity index (χ1) is 11.7. The van der Waals surface area contributed by atoms with E-state index in [1.165, 1.54) is 29.5 Å². The zero-order valence-corrected chi connectivity index (χ0v) is 17.5. The normalized spacial score (nSPS) is 15.8. The van der Waals surface area contributed by atoms with Gasteiger partial charge in [-0.15, -0.1) is 24.8 Å². The number of piperazine rings is 1. The Morgan fingerprint density at radius 2 is 1.38 bits per heavy atom. The third-order valence-electron chi connectivity index (χ3n) is 5.01. The van der Waals surface area contributed by atoms with Crippen LogP contribution in [0.2, 0.25) is 0 Å². The molecule has 1 aliphatic heterocycles. The summed E-state index contributed by atoms with van der Waals surface area (Å²) in [4.78, 5) is 2.66. The molecule has 1 fully saturated rings. The molecule has 0 aliphatic carbocycles. The van der Waals surface area contributed by atoms with Gasteiger partial charge in [0.25, 0.3) is 0 Å². The number of rotatable bonds is 6. The van der Waals surface area contributed by atoms with Crippen molar-refractivity contribution < 1.29 is 0 Å². The highest BCUT2D eigenvalue weighted by molar-refractivity contribution is 5.85. The minimum absolute atomic E-state index is 0. The Bertz CT molecular complexity index is 608. The maximum absolute atomic E-state index is 3.47. The summed E-state index contributed by atoms with van der Waals surface area (Å²) in [6.45, 7) is 9.19. The monoisotopic (exact) mass is 394 g/mol. The molecule has 0 spiro atoms. The molecule has 2 aromatic rings. The maximum atomic E-state index is 3.47. The van der Waals surface area contributed by atoms with E-state index in [0.717, 1.165) is 32.1 Å². The lowest BCUT2D eigenvalue weighted by Crippen LogP contribution is -2.45. The number of benzene rings is 2. The quantitative estimate of drug-likeness (QED) is 0.687. The molecule has 1 N–H and O–H groups in total. The number of nitrogens with one attached hydrogen (secondary N) is 1. The van der Waals surface area contributed by atoms with Gasteiger partial charge in [-0.25, -0.2) is 0 Å². The summed E-state index contributed by atoms with van der Waals surface area (Å²) in [5.41, 5.74) is 4.07. The highest BCUT2D eigenvalue weighted by Gasteiger charge is 2.22. The van der Waals surface area contributed by atoms with E-state index in [-0.39, 0.29) is 24.8 Å². The van der Waals surface area contributed by atoms with E-state index in [9.17, 15) is 0 Å². The molecule has 4 heteroatoms. The summed E-state index contributed by atoms with van der Waals surface area (Å²) < 4.78 is 0. The van der Waals surface area contributed by atoms with E-state index < -0.39 is 0 Å². The van der Waals surface area contributed by atoms with Crippen LogP contribution in [0.3, 0.4) is 0 Å². The van der Waals surface area contributed by atoms with Crippen LogP contribution in [0.25, 0.3) is 11.1 Å². The first kappa shape index (κ1) is 23.0. The van der Waals surface area contributed by atoms with E-state index in [1.54, 1.807) is 0 Å². The average molecular weight is 395 g/mol. The lowest BCUT2D eigenvalue weighted by atomic mass is 9.94. The SMILES string of the molecule is CC(C)CC[C@H](c1ccc(-c2ccccc2)cc1)N1CCNCC1.Cl.Cl. The van der Waals surface area contributed by atoms with Crippen molar-refractivity contribution in [2.75, 3.05) is 26.2 Å². The van der Waals surface area contributed by atoms with Crippen LogP contribution in [-0.2, 0) is 0 Å². The minimum atomic E-state index is 0. The van der Waals surface area contributed by atoms with Crippen molar-refractivity contribution in [2.45, 2.75) is 32.7 Å². The minimum Gasteiger partial charge on any atom is -0.314 e. The van der Waals surface area contributed by atoms with Gasteiger partial charge in [0.2, 0.25) is 0 Å². The molecule has 0 aromatic heterocycles. The molecule has 0 amide bonds. The van der Waals surface area contributed by atoms with Crippen molar-refractivity contribution in [3.8, 4) is 11.1 Å². The van der Waals surface area contributed by atoms with Crippen LogP contribution in [0.4, 0.5) is 0 Å². The largest absolute Gasteiger partial charge is 0.314 e. The van der Waals surface area contributed by atoms with Crippen molar-refractivity contribution >= 4 is 24.8 Å². The van der Waals surface area contributed by atoms with Crippen molar-refractivity contribution in [1.82, 2.24) is 10.2 Å². The topological polar surface area (TPSA) is 15.3 Å². The van der Waals surface area contributed by atoms with E-state index in [2.05, 4.69) is 78.7 Å². The Morgan fingerprint density at radius 3 is 1.96 bits per heavy atom. The van der Waals surface area contributed by atoms with Gasteiger partial charge in [0.1, 0.15) is 0 Å². The van der Waals surface area contributed by atoms with Crippen LogP contribution in [0.1, 0.15) is 38.3 Å². The summed E-state index contributed by atoms with van der Waals surface area (Å²) in [5.74, 6) is 0.763. The number of nitrogens with zero attached hydrogens (tertiary/aromatic N) is 1. The molecule has 26 heavy (non-hydrogen) atoms. The highest BCUT2D eigenvalue weighted by Crippen LogP contribution is 2.29. The molecule has 1 aliphatic rings. The molecule has 0 saturated carbocycles. The lowest BCUT2D eigenvalue weighted by molar-refractivity contribution is 0.160. The van der Waals surface area contributed by atoms with Crippen LogP contribution in [0.15, 0.2) is 54.6 Å². The van der Waals surface area contributed by atoms with Crippen molar-refractivity contribution in [3.05, 3.63) is 60.2 Å². The maximum Gasteiger partial charge on any atom is 0.0349 e. The van der Waals surface area contributed by atoms with Crippen molar-refractivity contribution in [2.24, 2.45) is 5.92 Å². The van der Waals surface area contributed by atoms with Gasteiger partial charge in [-0.1, -0.05) is 68.4 Å². The first-order valence-electron chi connectivity index (χ1n) is 9.34. The molecule has 2 aromatic carbocycles. The second-order valence-corrected chi connectivity index (χ2v) is 7.26. The predicted molar refractivity (Wildman–Crippen MR) is 118 cm³/mol. The Hall–Kier alpha value is -1.06. The number of halogens is 2. The van der Waals surface area contributed by atoms with Crippen LogP contribution < -0.4 is 5.32 Å². The van der Waals surface area contributed by atoms with Gasteiger partial charge in [-0.2, -0.15) is 0 Å². The molecule has 1 heterocycles. The highest BCUT2D eigenvalue weighted by atomic mass is 35.5. The zero-order valence-electron chi connectivity index (χ0n) is 15.9. The van der Waals surface area contributed by atoms with E-state index in [0.29, 0.717) is 6.04 Å². The fourth-order valence-electron chi connectivity index (χ4n) is 3.57. The number of hydrogen-bond acceptors (Lipinski definition) is 2. The molecule has 1 saturated heterocycles. The van der Waals surface area contributed by atoms with Crippen LogP contribution in [0, 0.1) is 5.92 Å². The zero-order chi connectivity index (χ0) is 16.8. The average Bonchev–Trinajstić information content (AvgIpc) is 2.64. The molecule has 1 atom stereocenters. The molecular formula is C22H32Cl2N2. The van der Waals surface area contributed by atoms with Crippen molar-refractivity contribution in [1.29, 1.82) is 0 Å². The Balaban J connectivity index is 0.00000169. The Morgan fingerprint density at radius 1 is 0.808 bits per heavy atom. The van der Waals surface area contributed by atoms with Crippen LogP contribution >= 0.6 is 24.8 Å². The Kier molecular flexibility index (Phi) is 10.3. The summed E-state index contributed by atoms with van der Waals surface area (Å²) in [6.07, 6.45) is 2.54. The summed E-state index contributed by atoms with van der Waals surface area (Å²) >= 11 is 0. The predicted octanol–water partition coefficient (Wildman–Crippen LogP) is 5.58. The third kappa shape index (κ3) is 6.28. The molecule has 0 radical (unpaired) electrons. The molecule has 3 rings (SSSR count). The lowest BCUT2D eigenvalue weighted by Gasteiger charge is -2.35. The van der Waals surface area contributed by atoms with Gasteiger partial charge in [-0.05, 0) is 35.4 Å². The van der Waals surface area contributed by atoms with Gasteiger partial charge in [0.15, 0.2) is 0 Å². The van der Waals surface area contributed by atoms with Crippen LogP contribution in [0.5, 0.6) is 0 Å². The first-order valence-corrected chi connectivity index (χ1v) is 9.34. The molecular weight excluding hydrogens is 363 g/mol. The molecule has 144 valence electrons. The van der Waals surface area contributed by atoms with E-state index in [4.69, 9.17) is 0 Å². The summed E-state index contributed by atoms with van der Waals surface area (Å²) in [7, 11) is 0. The molecule has 2 nitrogen and oxygen atoms in total. The van der Waals surface area contributed by atoms with E-state index in [1.807, 2.05) is 0 Å². The van der Waals surface area contributed by atoms with Crippen molar-refractivity contribution in [3.63, 3.8) is 0 Å². The second kappa shape index (κ2) is 11.6. The second-order valence-electron chi connectivity index (χ2n) is 7.26. The molecule has 0 unspecified atom stereocenters. The van der Waals surface area contributed by atoms with Gasteiger partial charge < -0.3 is 5.32 Å². The standard InChI is InChI=1S/C22H30N2.2ClH/c1-18(2)8-13-22(24-16-14-23-15-17-24)21-11-9-20(10-12-21)19-6-4-3-5-7-19;;/h3-7,9-12,18,22-23H,8,13-17H2,1-2H3;2*1H/t22-;;/m1../s1. The Labute approximate surface area is 171 Å². The van der Waals surface area contributed by atoms with Crippen LogP contribution in [-0.4, -0.2) is 31.1 Å². The summed E-state index contributed by atoms with van der Waals surface area (Å²) in [6, 6.07) is 20.5. The fourth-order valence-corrected chi connectivity index (χ4v) is 3.57. The van der Waals surface area contributed by atoms with E-state index >= 15 is 0 Å². The number of hydrogen-bond donors (Lipinski definition) is 1.